The van der Waals surface area contributed by atoms with Crippen molar-refractivity contribution in [2.24, 2.45) is 0 Å². The lowest BCUT2D eigenvalue weighted by atomic mass is 10.1. The molecular formula is C11H8F4O4S. The van der Waals surface area contributed by atoms with Crippen molar-refractivity contribution in [3.63, 3.8) is 0 Å². The van der Waals surface area contributed by atoms with E-state index in [2.05, 4.69) is 0 Å². The van der Waals surface area contributed by atoms with Gasteiger partial charge in [0.2, 0.25) is 5.78 Å². The van der Waals surface area contributed by atoms with Gasteiger partial charge in [-0.05, 0) is 18.2 Å². The van der Waals surface area contributed by atoms with E-state index >= 15 is 0 Å². The molecule has 0 heterocycles. The Kier molecular flexibility index (Phi) is 4.33. The van der Waals surface area contributed by atoms with Crippen LogP contribution in [0.2, 0.25) is 0 Å². The molecule has 110 valence electrons. The molecule has 0 N–H and O–H groups in total. The minimum absolute atomic E-state index is 0.488. The Morgan fingerprint density at radius 2 is 1.75 bits per heavy atom. The smallest absolute Gasteiger partial charge is 0.294 e. The summed E-state index contributed by atoms with van der Waals surface area (Å²) >= 11 is 0. The molecule has 0 aliphatic rings. The lowest BCUT2D eigenvalue weighted by Crippen LogP contribution is -2.25. The molecule has 0 radical (unpaired) electrons. The Morgan fingerprint density at radius 3 is 2.15 bits per heavy atom. The summed E-state index contributed by atoms with van der Waals surface area (Å²) in [6, 6.07) is 2.10. The Morgan fingerprint density at radius 1 is 1.20 bits per heavy atom. The van der Waals surface area contributed by atoms with E-state index in [1.165, 1.54) is 0 Å². The lowest BCUT2D eigenvalue weighted by molar-refractivity contribution is -0.170. The fourth-order valence-corrected chi connectivity index (χ4v) is 2.05. The Bertz CT molecular complexity index is 661. The van der Waals surface area contributed by atoms with Gasteiger partial charge in [-0.25, -0.2) is 12.8 Å². The highest BCUT2D eigenvalue weighted by Crippen LogP contribution is 2.21. The van der Waals surface area contributed by atoms with Gasteiger partial charge in [-0.3, -0.25) is 9.59 Å². The number of alkyl halides is 3. The fourth-order valence-electron chi connectivity index (χ4n) is 1.32. The molecule has 0 amide bonds. The first-order valence-electron chi connectivity index (χ1n) is 5.06. The third kappa shape index (κ3) is 3.86. The Hall–Kier alpha value is -1.77. The van der Waals surface area contributed by atoms with Crippen LogP contribution in [0.4, 0.5) is 17.6 Å². The van der Waals surface area contributed by atoms with Crippen LogP contribution in [0.15, 0.2) is 23.1 Å². The second-order valence-corrected chi connectivity index (χ2v) is 5.92. The zero-order chi connectivity index (χ0) is 15.7. The molecule has 0 saturated carbocycles. The number of carbonyl (C=O) groups excluding carboxylic acids is 2. The highest BCUT2D eigenvalue weighted by molar-refractivity contribution is 7.90. The van der Waals surface area contributed by atoms with E-state index in [4.69, 9.17) is 0 Å². The van der Waals surface area contributed by atoms with E-state index in [1.807, 2.05) is 0 Å². The first kappa shape index (κ1) is 16.3. The Balaban J connectivity index is 3.03. The molecule has 0 unspecified atom stereocenters. The quantitative estimate of drug-likeness (QED) is 0.484. The van der Waals surface area contributed by atoms with Gasteiger partial charge in [0.1, 0.15) is 10.7 Å². The SMILES string of the molecule is CS(=O)(=O)c1ccc(C(=O)CC(=O)C(F)(F)F)cc1F. The van der Waals surface area contributed by atoms with Crippen LogP contribution in [0.5, 0.6) is 0 Å². The molecule has 0 atom stereocenters. The molecule has 20 heavy (non-hydrogen) atoms. The number of hydrogen-bond donors (Lipinski definition) is 0. The maximum atomic E-state index is 13.4. The van der Waals surface area contributed by atoms with E-state index in [0.717, 1.165) is 18.4 Å². The molecule has 0 fully saturated rings. The number of sulfone groups is 1. The average molecular weight is 312 g/mol. The third-order valence-electron chi connectivity index (χ3n) is 2.29. The van der Waals surface area contributed by atoms with E-state index in [1.54, 1.807) is 0 Å². The maximum Gasteiger partial charge on any atom is 0.450 e. The van der Waals surface area contributed by atoms with E-state index < -0.39 is 50.3 Å². The zero-order valence-corrected chi connectivity index (χ0v) is 10.8. The van der Waals surface area contributed by atoms with Gasteiger partial charge >= 0.3 is 6.18 Å². The highest BCUT2D eigenvalue weighted by Gasteiger charge is 2.39. The van der Waals surface area contributed by atoms with Crippen molar-refractivity contribution in [2.75, 3.05) is 6.26 Å². The van der Waals surface area contributed by atoms with E-state index in [9.17, 15) is 35.6 Å². The second-order valence-electron chi connectivity index (χ2n) is 3.94. The first-order chi connectivity index (χ1) is 8.93. The van der Waals surface area contributed by atoms with Gasteiger partial charge in [-0.1, -0.05) is 0 Å². The summed E-state index contributed by atoms with van der Waals surface area (Å²) in [7, 11) is -3.86. The van der Waals surface area contributed by atoms with Crippen molar-refractivity contribution >= 4 is 21.4 Å². The number of rotatable bonds is 4. The van der Waals surface area contributed by atoms with E-state index in [0.29, 0.717) is 6.07 Å². The van der Waals surface area contributed by atoms with Crippen molar-refractivity contribution in [1.82, 2.24) is 0 Å². The van der Waals surface area contributed by atoms with Gasteiger partial charge in [0, 0.05) is 11.8 Å². The summed E-state index contributed by atoms with van der Waals surface area (Å²) < 4.78 is 71.6. The number of hydrogen-bond acceptors (Lipinski definition) is 4. The van der Waals surface area contributed by atoms with Crippen molar-refractivity contribution < 1.29 is 35.6 Å². The normalized spacial score (nSPS) is 12.2. The molecule has 1 aromatic carbocycles. The van der Waals surface area contributed by atoms with Crippen LogP contribution in [-0.4, -0.2) is 32.4 Å². The largest absolute Gasteiger partial charge is 0.450 e. The molecule has 1 aromatic rings. The highest BCUT2D eigenvalue weighted by atomic mass is 32.2. The van der Waals surface area contributed by atoms with Crippen molar-refractivity contribution in [2.45, 2.75) is 17.5 Å². The standard InChI is InChI=1S/C11H8F4O4S/c1-20(18,19)9-3-2-6(4-7(9)12)8(16)5-10(17)11(13,14)15/h2-4H,5H2,1H3. The monoisotopic (exact) mass is 312 g/mol. The van der Waals surface area contributed by atoms with Gasteiger partial charge in [0.05, 0.1) is 6.42 Å². The predicted octanol–water partition coefficient (Wildman–Crippen LogP) is 1.93. The fraction of sp³-hybridized carbons (Fsp3) is 0.273. The van der Waals surface area contributed by atoms with Crippen LogP contribution in [0, 0.1) is 5.82 Å². The molecule has 0 aliphatic heterocycles. The Labute approximate surface area is 111 Å². The van der Waals surface area contributed by atoms with Crippen molar-refractivity contribution in [3.05, 3.63) is 29.6 Å². The van der Waals surface area contributed by atoms with Crippen molar-refractivity contribution in [1.29, 1.82) is 0 Å². The molecule has 0 spiro atoms. The number of halogens is 4. The molecule has 0 saturated heterocycles. The summed E-state index contributed by atoms with van der Waals surface area (Å²) in [5.41, 5.74) is -0.507. The van der Waals surface area contributed by atoms with E-state index in [-0.39, 0.29) is 0 Å². The van der Waals surface area contributed by atoms with Gasteiger partial charge in [0.15, 0.2) is 15.6 Å². The third-order valence-corrected chi connectivity index (χ3v) is 3.42. The summed E-state index contributed by atoms with van der Waals surface area (Å²) in [5, 5.41) is 0. The lowest BCUT2D eigenvalue weighted by Gasteiger charge is -2.06. The summed E-state index contributed by atoms with van der Waals surface area (Å²) in [6.45, 7) is 0. The number of Topliss-reactive ketones (excluding diaryl/α,β-unsaturated/α-hetero) is 2. The summed E-state index contributed by atoms with van der Waals surface area (Å²) in [6.07, 6.45) is -5.87. The van der Waals surface area contributed by atoms with Gasteiger partial charge in [-0.2, -0.15) is 13.2 Å². The molecule has 1 rings (SSSR count). The zero-order valence-electron chi connectivity index (χ0n) is 9.99. The van der Waals surface area contributed by atoms with Crippen LogP contribution in [-0.2, 0) is 14.6 Å². The second kappa shape index (κ2) is 5.31. The first-order valence-corrected chi connectivity index (χ1v) is 6.95. The summed E-state index contributed by atoms with van der Waals surface area (Å²) in [4.78, 5) is 21.3. The predicted molar refractivity (Wildman–Crippen MR) is 59.5 cm³/mol. The summed E-state index contributed by atoms with van der Waals surface area (Å²) in [5.74, 6) is -4.76. The number of benzene rings is 1. The molecule has 9 heteroatoms. The maximum absolute atomic E-state index is 13.4. The van der Waals surface area contributed by atoms with Gasteiger partial charge in [0.25, 0.3) is 0 Å². The minimum atomic E-state index is -5.15. The molecule has 0 bridgehead atoms. The minimum Gasteiger partial charge on any atom is -0.294 e. The topological polar surface area (TPSA) is 68.3 Å². The van der Waals surface area contributed by atoms with Gasteiger partial charge < -0.3 is 0 Å². The van der Waals surface area contributed by atoms with Crippen LogP contribution in [0.3, 0.4) is 0 Å². The molecule has 4 nitrogen and oxygen atoms in total. The van der Waals surface area contributed by atoms with Crippen molar-refractivity contribution in [3.8, 4) is 0 Å². The van der Waals surface area contributed by atoms with Crippen LogP contribution in [0.25, 0.3) is 0 Å². The van der Waals surface area contributed by atoms with Gasteiger partial charge in [-0.15, -0.1) is 0 Å². The van der Waals surface area contributed by atoms with Crippen LogP contribution in [0.1, 0.15) is 16.8 Å². The molecule has 0 aliphatic carbocycles. The number of carbonyl (C=O) groups is 2. The average Bonchev–Trinajstić information content (AvgIpc) is 2.25. The molecule has 0 aromatic heterocycles. The molecular weight excluding hydrogens is 304 g/mol. The number of ketones is 2. The van der Waals surface area contributed by atoms with Crippen LogP contribution < -0.4 is 0 Å². The van der Waals surface area contributed by atoms with Crippen LogP contribution >= 0.6 is 0 Å².